The summed E-state index contributed by atoms with van der Waals surface area (Å²) >= 11 is 6.94. The second kappa shape index (κ2) is 8.52. The molecule has 6 aromatic rings. The van der Waals surface area contributed by atoms with Crippen LogP contribution in [0.3, 0.4) is 0 Å². The molecule has 0 unspecified atom stereocenters. The summed E-state index contributed by atoms with van der Waals surface area (Å²) in [5, 5.41) is 4.15. The Morgan fingerprint density at radius 1 is 0.469 bits per heavy atom. The summed E-state index contributed by atoms with van der Waals surface area (Å²) < 4.78 is 0. The topological polar surface area (TPSA) is 38.7 Å². The highest BCUT2D eigenvalue weighted by Crippen LogP contribution is 2.40. The highest BCUT2D eigenvalue weighted by molar-refractivity contribution is 7.25. The van der Waals surface area contributed by atoms with E-state index in [0.29, 0.717) is 0 Å². The summed E-state index contributed by atoms with van der Waals surface area (Å²) in [6, 6.07) is 25.3. The van der Waals surface area contributed by atoms with E-state index < -0.39 is 0 Å². The van der Waals surface area contributed by atoms with Crippen LogP contribution in [0.1, 0.15) is 0 Å². The fraction of sp³-hybridized carbons (Fsp3) is 0. The molecule has 0 fully saturated rings. The predicted molar refractivity (Wildman–Crippen MR) is 139 cm³/mol. The first-order valence-corrected chi connectivity index (χ1v) is 13.3. The van der Waals surface area contributed by atoms with E-state index in [0.717, 1.165) is 32.5 Å². The van der Waals surface area contributed by atoms with Gasteiger partial charge < -0.3 is 0 Å². The van der Waals surface area contributed by atoms with Crippen molar-refractivity contribution in [1.82, 2.24) is 15.0 Å². The number of nitrogens with zero attached hydrogens (tertiary/aromatic N) is 3. The summed E-state index contributed by atoms with van der Waals surface area (Å²) in [6.07, 6.45) is 1.65. The number of thiophene rings is 4. The summed E-state index contributed by atoms with van der Waals surface area (Å²) in [5.74, 6) is 0. The molecule has 0 aromatic carbocycles. The lowest BCUT2D eigenvalue weighted by Gasteiger charge is -2.01. The lowest BCUT2D eigenvalue weighted by Crippen LogP contribution is -1.85. The zero-order valence-electron chi connectivity index (χ0n) is 16.6. The van der Waals surface area contributed by atoms with Gasteiger partial charge in [-0.2, -0.15) is 0 Å². The van der Waals surface area contributed by atoms with Gasteiger partial charge in [0.15, 0.2) is 0 Å². The summed E-state index contributed by atoms with van der Waals surface area (Å²) in [6.45, 7) is 0. The summed E-state index contributed by atoms with van der Waals surface area (Å²) in [4.78, 5) is 21.0. The second-order valence-corrected chi connectivity index (χ2v) is 11.0. The first-order valence-electron chi connectivity index (χ1n) is 9.91. The van der Waals surface area contributed by atoms with Gasteiger partial charge in [0.25, 0.3) is 0 Å². The van der Waals surface area contributed by atoms with Gasteiger partial charge in [0.2, 0.25) is 0 Å². The molecule has 7 heteroatoms. The number of hydrogen-bond acceptors (Lipinski definition) is 7. The van der Waals surface area contributed by atoms with Crippen molar-refractivity contribution in [1.29, 1.82) is 0 Å². The highest BCUT2D eigenvalue weighted by atomic mass is 32.1. The van der Waals surface area contributed by atoms with Gasteiger partial charge >= 0.3 is 0 Å². The summed E-state index contributed by atoms with van der Waals surface area (Å²) in [7, 11) is 0. The van der Waals surface area contributed by atoms with Crippen molar-refractivity contribution < 1.29 is 0 Å². The van der Waals surface area contributed by atoms with Gasteiger partial charge in [-0.15, -0.1) is 45.3 Å². The quantitative estimate of drug-likeness (QED) is 0.246. The van der Waals surface area contributed by atoms with Crippen molar-refractivity contribution in [3.05, 3.63) is 89.9 Å². The van der Waals surface area contributed by atoms with Crippen LogP contribution in [0, 0.1) is 0 Å². The average molecular weight is 486 g/mol. The molecule has 0 saturated carbocycles. The van der Waals surface area contributed by atoms with E-state index >= 15 is 0 Å². The van der Waals surface area contributed by atoms with Crippen molar-refractivity contribution in [2.24, 2.45) is 0 Å². The smallest absolute Gasteiger partial charge is 0.116 e. The molecule has 3 nitrogen and oxygen atoms in total. The van der Waals surface area contributed by atoms with Crippen LogP contribution in [0.15, 0.2) is 89.9 Å². The maximum atomic E-state index is 4.89. The Morgan fingerprint density at radius 3 is 1.62 bits per heavy atom. The van der Waals surface area contributed by atoms with Crippen LogP contribution in [-0.4, -0.2) is 15.0 Å². The van der Waals surface area contributed by atoms with Gasteiger partial charge in [-0.25, -0.2) is 15.0 Å². The van der Waals surface area contributed by atoms with Gasteiger partial charge in [0.05, 0.1) is 42.3 Å². The summed E-state index contributed by atoms with van der Waals surface area (Å²) in [5.41, 5.74) is 3.97. The molecule has 0 atom stereocenters. The molecule has 6 aromatic heterocycles. The van der Waals surface area contributed by atoms with Crippen LogP contribution in [0.25, 0.3) is 52.0 Å². The molecule has 6 heterocycles. The minimum atomic E-state index is 0.960. The van der Waals surface area contributed by atoms with Gasteiger partial charge in [-0.1, -0.05) is 18.2 Å². The lowest BCUT2D eigenvalue weighted by molar-refractivity contribution is 1.19. The molecule has 0 radical (unpaired) electrons. The van der Waals surface area contributed by atoms with E-state index in [1.54, 1.807) is 51.7 Å². The van der Waals surface area contributed by atoms with E-state index in [1.807, 2.05) is 6.07 Å². The van der Waals surface area contributed by atoms with Crippen molar-refractivity contribution in [2.45, 2.75) is 0 Å². The molecule has 0 aliphatic heterocycles. The molecule has 0 N–H and O–H groups in total. The zero-order valence-corrected chi connectivity index (χ0v) is 19.9. The molecule has 0 bridgehead atoms. The fourth-order valence-corrected chi connectivity index (χ4v) is 6.83. The predicted octanol–water partition coefficient (Wildman–Crippen LogP) is 8.45. The van der Waals surface area contributed by atoms with Crippen molar-refractivity contribution in [2.75, 3.05) is 0 Å². The van der Waals surface area contributed by atoms with Crippen LogP contribution >= 0.6 is 45.3 Å². The van der Waals surface area contributed by atoms with Crippen LogP contribution in [0.2, 0.25) is 0 Å². The van der Waals surface area contributed by atoms with Crippen LogP contribution in [0.4, 0.5) is 0 Å². The normalized spacial score (nSPS) is 11.1. The van der Waals surface area contributed by atoms with Crippen LogP contribution in [0.5, 0.6) is 0 Å². The molecule has 0 aliphatic rings. The van der Waals surface area contributed by atoms with E-state index in [2.05, 4.69) is 87.5 Å². The molecule has 0 spiro atoms. The minimum Gasteiger partial charge on any atom is -0.246 e. The minimum absolute atomic E-state index is 0.960. The Balaban J connectivity index is 1.29. The Morgan fingerprint density at radius 2 is 1.00 bits per heavy atom. The van der Waals surface area contributed by atoms with E-state index in [9.17, 15) is 0 Å². The van der Waals surface area contributed by atoms with Gasteiger partial charge in [0.1, 0.15) is 6.33 Å². The van der Waals surface area contributed by atoms with E-state index in [1.165, 1.54) is 19.5 Å². The van der Waals surface area contributed by atoms with Crippen molar-refractivity contribution >= 4 is 45.3 Å². The highest BCUT2D eigenvalue weighted by Gasteiger charge is 2.12. The molecule has 0 aliphatic carbocycles. The van der Waals surface area contributed by atoms with Gasteiger partial charge in [0, 0.05) is 9.75 Å². The largest absolute Gasteiger partial charge is 0.246 e. The monoisotopic (exact) mass is 485 g/mol. The first kappa shape index (κ1) is 19.7. The second-order valence-electron chi connectivity index (χ2n) is 6.98. The molecule has 32 heavy (non-hydrogen) atoms. The number of aromatic nitrogens is 3. The van der Waals surface area contributed by atoms with Crippen molar-refractivity contribution in [3.63, 3.8) is 0 Å². The van der Waals surface area contributed by atoms with Crippen LogP contribution in [-0.2, 0) is 0 Å². The molecule has 0 saturated heterocycles. The zero-order chi connectivity index (χ0) is 21.3. The van der Waals surface area contributed by atoms with E-state index in [4.69, 9.17) is 4.98 Å². The Bertz CT molecular complexity index is 1360. The third-order valence-electron chi connectivity index (χ3n) is 4.92. The number of rotatable bonds is 5. The maximum absolute atomic E-state index is 4.89. The maximum Gasteiger partial charge on any atom is 0.116 e. The van der Waals surface area contributed by atoms with Crippen molar-refractivity contribution in [3.8, 4) is 52.0 Å². The standard InChI is InChI=1S/C25H15N3S4/c1-4-16(20-6-2-12-29-20)28-17(5-1)22-8-10-24(31-22)25-11-9-23(32-25)19-14-18(26-15-27-19)21-7-3-13-30-21/h1-15H. The third-order valence-corrected chi connectivity index (χ3v) is 9.12. The molecular weight excluding hydrogens is 471 g/mol. The van der Waals surface area contributed by atoms with Gasteiger partial charge in [-0.3, -0.25) is 0 Å². The molecular formula is C25H15N3S4. The fourth-order valence-electron chi connectivity index (χ4n) is 3.40. The third kappa shape index (κ3) is 3.84. The first-order chi connectivity index (χ1) is 15.8. The molecule has 154 valence electrons. The Kier molecular flexibility index (Phi) is 5.24. The van der Waals surface area contributed by atoms with Gasteiger partial charge in [-0.05, 0) is 65.4 Å². The average Bonchev–Trinajstić information content (AvgIpc) is 3.66. The van der Waals surface area contributed by atoms with Crippen LogP contribution < -0.4 is 0 Å². The molecule has 6 rings (SSSR count). The van der Waals surface area contributed by atoms with E-state index in [-0.39, 0.29) is 0 Å². The Hall–Kier alpha value is -2.97. The Labute approximate surface area is 201 Å². The molecule has 0 amide bonds. The number of pyridine rings is 1. The number of hydrogen-bond donors (Lipinski definition) is 0. The lowest BCUT2D eigenvalue weighted by atomic mass is 10.2. The SMILES string of the molecule is c1cc(-c2cccs2)nc(-c2ccc(-c3ccc(-c4cc(-c5cccs5)ncn4)s3)s2)c1.